The molecule has 17 nitrogen and oxygen atoms in total. The SMILES string of the molecule is CC/C=C\C/C=C\C/C=C\C/C=C\CCCCCCCCC(=O)OCC(COP(=O)(O)OCC(O)COP(=O)(O)OCC(COC(=O)CCCCCCC/C=C\C/C=C\C/C=C\CC)OC(=O)CCCCCCC/C=C\C/C=C\CCCCC)OC(=O)CCCC/C=C\C/C=C\C/C=C\C/C=C\CC. The van der Waals surface area contributed by atoms with Gasteiger partial charge in [-0.3, -0.25) is 37.3 Å². The maximum absolute atomic E-state index is 13.1. The molecule has 0 rings (SSSR count). The fraction of sp³-hybridized carbons (Fsp3) is 0.647. The summed E-state index contributed by atoms with van der Waals surface area (Å²) in [6.45, 7) is 4.40. The predicted molar refractivity (Wildman–Crippen MR) is 427 cm³/mol. The Hall–Kier alpha value is -5.32. The number of allylic oxidation sites excluding steroid dienone is 26. The van der Waals surface area contributed by atoms with Crippen molar-refractivity contribution in [3.63, 3.8) is 0 Å². The highest BCUT2D eigenvalue weighted by atomic mass is 31.2. The molecule has 0 aliphatic rings. The number of carbonyl (C=O) groups is 4. The normalized spacial score (nSPS) is 14.7. The Morgan fingerprint density at radius 3 is 0.788 bits per heavy atom. The van der Waals surface area contributed by atoms with E-state index < -0.39 is 97.5 Å². The Morgan fingerprint density at radius 2 is 0.500 bits per heavy atom. The number of unbranched alkanes of at least 4 members (excludes halogenated alkanes) is 21. The lowest BCUT2D eigenvalue weighted by molar-refractivity contribution is -0.161. The van der Waals surface area contributed by atoms with Gasteiger partial charge < -0.3 is 33.8 Å². The fourth-order valence-corrected chi connectivity index (χ4v) is 11.6. The molecule has 19 heteroatoms. The van der Waals surface area contributed by atoms with Gasteiger partial charge in [0.05, 0.1) is 26.4 Å². The molecule has 104 heavy (non-hydrogen) atoms. The molecule has 0 aromatic heterocycles. The molecule has 0 aromatic carbocycles. The van der Waals surface area contributed by atoms with Crippen molar-refractivity contribution in [1.29, 1.82) is 0 Å². The fourth-order valence-electron chi connectivity index (χ4n) is 10.0. The van der Waals surface area contributed by atoms with E-state index in [9.17, 15) is 43.2 Å². The minimum Gasteiger partial charge on any atom is -0.462 e. The molecular formula is C85H140O17P2. The largest absolute Gasteiger partial charge is 0.472 e. The van der Waals surface area contributed by atoms with E-state index in [0.717, 1.165) is 193 Å². The van der Waals surface area contributed by atoms with Crippen LogP contribution in [-0.4, -0.2) is 96.7 Å². The molecule has 3 N–H and O–H groups in total. The number of hydrogen-bond acceptors (Lipinski definition) is 15. The number of phosphoric acid groups is 2. The Bertz CT molecular complexity index is 2590. The zero-order valence-corrected chi connectivity index (χ0v) is 66.4. The Kier molecular flexibility index (Phi) is 72.0. The highest BCUT2D eigenvalue weighted by Crippen LogP contribution is 2.45. The number of ether oxygens (including phenoxy) is 4. The summed E-state index contributed by atoms with van der Waals surface area (Å²) in [5.74, 6) is -2.28. The van der Waals surface area contributed by atoms with Gasteiger partial charge in [0.15, 0.2) is 12.2 Å². The molecule has 0 amide bonds. The number of aliphatic hydroxyl groups excluding tert-OH is 1. The molecule has 0 bridgehead atoms. The summed E-state index contributed by atoms with van der Waals surface area (Å²) in [6.07, 6.45) is 87.9. The molecule has 0 heterocycles. The van der Waals surface area contributed by atoms with Crippen LogP contribution in [0.2, 0.25) is 0 Å². The van der Waals surface area contributed by atoms with Crippen LogP contribution in [0.1, 0.15) is 297 Å². The van der Waals surface area contributed by atoms with Crippen molar-refractivity contribution in [2.45, 2.75) is 316 Å². The minimum absolute atomic E-state index is 0.0336. The summed E-state index contributed by atoms with van der Waals surface area (Å²) in [5.41, 5.74) is 0. The maximum atomic E-state index is 13.1. The van der Waals surface area contributed by atoms with Gasteiger partial charge in [-0.2, -0.15) is 0 Å². The monoisotopic (exact) mass is 1490 g/mol. The molecule has 0 saturated heterocycles. The number of phosphoric ester groups is 2. The van der Waals surface area contributed by atoms with Crippen LogP contribution in [0.5, 0.6) is 0 Å². The summed E-state index contributed by atoms with van der Waals surface area (Å²) in [5, 5.41) is 10.6. The van der Waals surface area contributed by atoms with Gasteiger partial charge in [-0.15, -0.1) is 0 Å². The maximum Gasteiger partial charge on any atom is 0.472 e. The summed E-state index contributed by atoms with van der Waals surface area (Å²) in [7, 11) is -9.99. The first kappa shape index (κ1) is 98.7. The number of esters is 4. The molecule has 0 spiro atoms. The van der Waals surface area contributed by atoms with Crippen LogP contribution >= 0.6 is 15.6 Å². The third kappa shape index (κ3) is 74.9. The first-order valence-corrected chi connectivity index (χ1v) is 42.7. The van der Waals surface area contributed by atoms with Crippen LogP contribution < -0.4 is 0 Å². The first-order valence-electron chi connectivity index (χ1n) is 39.7. The van der Waals surface area contributed by atoms with Gasteiger partial charge in [-0.05, 0) is 167 Å². The van der Waals surface area contributed by atoms with E-state index in [1.54, 1.807) is 0 Å². The minimum atomic E-state index is -5.00. The second-order valence-corrected chi connectivity index (χ2v) is 28.8. The lowest BCUT2D eigenvalue weighted by Gasteiger charge is -2.21. The van der Waals surface area contributed by atoms with Crippen LogP contribution in [0.3, 0.4) is 0 Å². The molecule has 0 aliphatic carbocycles. The molecule has 0 aliphatic heterocycles. The van der Waals surface area contributed by atoms with Gasteiger partial charge in [-0.25, -0.2) is 9.13 Å². The third-order valence-corrected chi connectivity index (χ3v) is 17.9. The molecular weight excluding hydrogens is 1350 g/mol. The average Bonchev–Trinajstić information content (AvgIpc) is 0.918. The standard InChI is InChI=1S/C85H140O17P2/c1-5-9-13-17-21-25-29-33-37-38-39-40-44-46-50-54-58-62-66-70-83(88)96-76-81(102-85(90)72-68-64-60-56-52-48-43-36-32-28-24-20-16-12-8-4)78-100-104(93,94)98-74-79(86)73-97-103(91,92)99-77-80(101-84(89)71-67-63-59-55-51-47-42-35-31-27-23-19-15-11-7-3)75-95-82(87)69-65-61-57-53-49-45-41-34-30-26-22-18-14-10-6-2/h9-10,12-14,16,21-28,33-37,39-43,52,56,79-81,86H,5-8,11,15,17-20,29-32,38,44-51,53-55,57-78H2,1-4H3,(H,91,92)(H,93,94)/b13-9-,14-10-,16-12-,25-21-,26-22-,27-23-,28-24-,37-33-,40-39-,41-34-,42-35-,43-36-,56-52-. The van der Waals surface area contributed by atoms with Crippen molar-refractivity contribution in [2.75, 3.05) is 39.6 Å². The van der Waals surface area contributed by atoms with Crippen molar-refractivity contribution in [3.8, 4) is 0 Å². The number of carbonyl (C=O) groups excluding carboxylic acids is 4. The second-order valence-electron chi connectivity index (χ2n) is 25.9. The lowest BCUT2D eigenvalue weighted by Crippen LogP contribution is -2.30. The van der Waals surface area contributed by atoms with Crippen molar-refractivity contribution < 1.29 is 80.2 Å². The third-order valence-electron chi connectivity index (χ3n) is 16.0. The van der Waals surface area contributed by atoms with E-state index in [4.69, 9.17) is 37.0 Å². The quantitative estimate of drug-likeness (QED) is 0.0169. The zero-order chi connectivity index (χ0) is 76.0. The number of hydrogen-bond donors (Lipinski definition) is 3. The lowest BCUT2D eigenvalue weighted by atomic mass is 10.1. The van der Waals surface area contributed by atoms with Crippen LogP contribution in [0.25, 0.3) is 0 Å². The van der Waals surface area contributed by atoms with Gasteiger partial charge in [0, 0.05) is 25.7 Å². The van der Waals surface area contributed by atoms with Crippen LogP contribution in [-0.2, 0) is 65.4 Å². The number of rotatable bonds is 73. The van der Waals surface area contributed by atoms with E-state index in [2.05, 4.69) is 186 Å². The molecule has 592 valence electrons. The molecule has 5 unspecified atom stereocenters. The molecule has 5 atom stereocenters. The summed E-state index contributed by atoms with van der Waals surface area (Å²) < 4.78 is 68.5. The van der Waals surface area contributed by atoms with Crippen molar-refractivity contribution in [3.05, 3.63) is 158 Å². The molecule has 0 saturated carbocycles. The van der Waals surface area contributed by atoms with Gasteiger partial charge in [0.2, 0.25) is 0 Å². The Labute approximate surface area is 629 Å². The summed E-state index contributed by atoms with van der Waals surface area (Å²) in [6, 6.07) is 0. The zero-order valence-electron chi connectivity index (χ0n) is 64.6. The van der Waals surface area contributed by atoms with E-state index in [1.165, 1.54) is 19.3 Å². The summed E-state index contributed by atoms with van der Waals surface area (Å²) >= 11 is 0. The van der Waals surface area contributed by atoms with Crippen LogP contribution in [0.15, 0.2) is 158 Å². The highest BCUT2D eigenvalue weighted by molar-refractivity contribution is 7.47. The Morgan fingerprint density at radius 1 is 0.279 bits per heavy atom. The second kappa shape index (κ2) is 75.9. The van der Waals surface area contributed by atoms with Crippen molar-refractivity contribution in [1.82, 2.24) is 0 Å². The molecule has 0 aromatic rings. The van der Waals surface area contributed by atoms with Crippen LogP contribution in [0, 0.1) is 0 Å². The van der Waals surface area contributed by atoms with Gasteiger partial charge in [0.1, 0.15) is 19.3 Å². The van der Waals surface area contributed by atoms with Crippen molar-refractivity contribution >= 4 is 39.5 Å². The summed E-state index contributed by atoms with van der Waals surface area (Å²) in [4.78, 5) is 73.0. The first-order chi connectivity index (χ1) is 50.7. The molecule has 0 fully saturated rings. The smallest absolute Gasteiger partial charge is 0.462 e. The highest BCUT2D eigenvalue weighted by Gasteiger charge is 2.30. The van der Waals surface area contributed by atoms with Gasteiger partial charge in [0.25, 0.3) is 0 Å². The van der Waals surface area contributed by atoms with Crippen LogP contribution in [0.4, 0.5) is 0 Å². The molecule has 0 radical (unpaired) electrons. The van der Waals surface area contributed by atoms with E-state index >= 15 is 0 Å². The topological polar surface area (TPSA) is 237 Å². The van der Waals surface area contributed by atoms with Gasteiger partial charge in [-0.1, -0.05) is 263 Å². The van der Waals surface area contributed by atoms with E-state index in [0.29, 0.717) is 32.1 Å². The van der Waals surface area contributed by atoms with Crippen molar-refractivity contribution in [2.24, 2.45) is 0 Å². The van der Waals surface area contributed by atoms with E-state index in [1.807, 2.05) is 0 Å². The Balaban J connectivity index is 5.44. The predicted octanol–water partition coefficient (Wildman–Crippen LogP) is 23.2. The average molecular weight is 1500 g/mol. The number of aliphatic hydroxyl groups is 1. The van der Waals surface area contributed by atoms with E-state index in [-0.39, 0.29) is 25.7 Å². The van der Waals surface area contributed by atoms with Gasteiger partial charge >= 0.3 is 39.5 Å².